The first kappa shape index (κ1) is 23.9. The molecule has 0 radical (unpaired) electrons. The number of likely N-dealkylation sites (tertiary alicyclic amines) is 1. The first-order valence-electron chi connectivity index (χ1n) is 13.5. The highest BCUT2D eigenvalue weighted by atomic mass is 35.5. The van der Waals surface area contributed by atoms with Crippen LogP contribution in [-0.2, 0) is 11.2 Å². The highest BCUT2D eigenvalue weighted by molar-refractivity contribution is 7.98. The molecule has 0 saturated carbocycles. The van der Waals surface area contributed by atoms with Crippen LogP contribution < -0.4 is 20.3 Å². The Bertz CT molecular complexity index is 1340. The van der Waals surface area contributed by atoms with E-state index in [4.69, 9.17) is 28.6 Å². The number of pyridine rings is 1. The van der Waals surface area contributed by atoms with Gasteiger partial charge in [0.2, 0.25) is 0 Å². The lowest BCUT2D eigenvalue weighted by Gasteiger charge is -2.40. The Labute approximate surface area is 229 Å². The predicted octanol–water partition coefficient (Wildman–Crippen LogP) is 4.14. The van der Waals surface area contributed by atoms with Crippen molar-refractivity contribution in [3.05, 3.63) is 49.9 Å². The second-order valence-corrected chi connectivity index (χ2v) is 11.4. The summed E-state index contributed by atoms with van der Waals surface area (Å²) < 4.78 is 35.1. The summed E-state index contributed by atoms with van der Waals surface area (Å²) in [7, 11) is 0. The van der Waals surface area contributed by atoms with Crippen LogP contribution in [0.4, 0.5) is 0 Å². The number of carbonyl (C=O) groups is 1. The van der Waals surface area contributed by atoms with Crippen molar-refractivity contribution in [2.24, 2.45) is 11.8 Å². The lowest BCUT2D eigenvalue weighted by Crippen LogP contribution is -2.50. The number of rotatable bonds is 7. The Kier molecular flexibility index (Phi) is 6.79. The summed E-state index contributed by atoms with van der Waals surface area (Å²) in [4.78, 5) is 31.5. The summed E-state index contributed by atoms with van der Waals surface area (Å²) in [6.07, 6.45) is 3.57. The maximum absolute atomic E-state index is 13.4. The van der Waals surface area contributed by atoms with Crippen LogP contribution in [0, 0.1) is 25.7 Å². The molecule has 200 valence electrons. The van der Waals surface area contributed by atoms with Crippen molar-refractivity contribution in [3.8, 4) is 11.5 Å². The van der Waals surface area contributed by atoms with E-state index in [0.29, 0.717) is 33.6 Å². The van der Waals surface area contributed by atoms with Crippen LogP contribution in [0.15, 0.2) is 21.8 Å². The molecule has 2 aromatic rings. The number of piperidine rings is 1. The van der Waals surface area contributed by atoms with E-state index in [0.717, 1.165) is 45.7 Å². The van der Waals surface area contributed by atoms with Gasteiger partial charge in [0.1, 0.15) is 0 Å². The zero-order chi connectivity index (χ0) is 28.1. The van der Waals surface area contributed by atoms with Gasteiger partial charge in [-0.05, 0) is 58.2 Å². The van der Waals surface area contributed by atoms with E-state index in [1.165, 1.54) is 17.8 Å². The summed E-state index contributed by atoms with van der Waals surface area (Å²) >= 11 is 7.82. The molecule has 1 atom stereocenters. The molecular weight excluding hydrogens is 514 g/mol. The van der Waals surface area contributed by atoms with Gasteiger partial charge in [-0.15, -0.1) is 11.8 Å². The van der Waals surface area contributed by atoms with Crippen molar-refractivity contribution in [1.29, 1.82) is 0 Å². The number of thioether (sulfide) groups is 1. The molecule has 8 nitrogen and oxygen atoms in total. The molecule has 1 aromatic heterocycles. The number of hydrogen-bond donors (Lipinski definition) is 2. The molecule has 1 amide bonds. The number of hydrogen-bond acceptors (Lipinski definition) is 7. The maximum Gasteiger partial charge on any atom is 0.254 e. The van der Waals surface area contributed by atoms with Gasteiger partial charge in [0, 0.05) is 59.1 Å². The van der Waals surface area contributed by atoms with Crippen LogP contribution >= 0.6 is 23.4 Å². The monoisotopic (exact) mass is 549 g/mol. The number of carbonyl (C=O) groups excluding carboxylic acids is 1. The molecule has 1 unspecified atom stereocenters. The molecule has 0 bridgehead atoms. The van der Waals surface area contributed by atoms with E-state index in [1.807, 2.05) is 6.92 Å². The van der Waals surface area contributed by atoms with Crippen molar-refractivity contribution in [1.82, 2.24) is 15.2 Å². The topological polar surface area (TPSA) is 92.9 Å². The fraction of sp³-hybridized carbons (Fsp3) is 0.556. The van der Waals surface area contributed by atoms with Crippen molar-refractivity contribution in [3.63, 3.8) is 0 Å². The molecule has 3 aliphatic heterocycles. The third-order valence-corrected chi connectivity index (χ3v) is 8.54. The van der Waals surface area contributed by atoms with Gasteiger partial charge in [0.05, 0.1) is 21.0 Å². The van der Waals surface area contributed by atoms with Gasteiger partial charge >= 0.3 is 0 Å². The summed E-state index contributed by atoms with van der Waals surface area (Å²) in [6.45, 7) is 7.56. The Hall–Kier alpha value is -2.20. The number of aromatic amines is 1. The van der Waals surface area contributed by atoms with E-state index in [9.17, 15) is 9.59 Å². The van der Waals surface area contributed by atoms with E-state index < -0.39 is 23.8 Å². The van der Waals surface area contributed by atoms with Gasteiger partial charge < -0.3 is 29.4 Å². The maximum atomic E-state index is 13.4. The number of aryl methyl sites for hydroxylation is 1. The third-order valence-electron chi connectivity index (χ3n) is 7.50. The van der Waals surface area contributed by atoms with Crippen molar-refractivity contribution >= 4 is 29.3 Å². The van der Waals surface area contributed by atoms with Gasteiger partial charge in [0.15, 0.2) is 11.5 Å². The van der Waals surface area contributed by atoms with Gasteiger partial charge in [-0.3, -0.25) is 9.59 Å². The zero-order valence-electron chi connectivity index (χ0n) is 23.5. The number of benzene rings is 1. The molecule has 2 fully saturated rings. The largest absolute Gasteiger partial charge is 0.448 e. The number of ether oxygens (including phenoxy) is 3. The lowest BCUT2D eigenvalue weighted by molar-refractivity contribution is -0.128. The van der Waals surface area contributed by atoms with Crippen LogP contribution in [0.3, 0.4) is 0 Å². The summed E-state index contributed by atoms with van der Waals surface area (Å²) in [6, 6.07) is 3.15. The number of nitrogens with zero attached hydrogens (tertiary/aromatic N) is 1. The average Bonchev–Trinajstić information content (AvgIpc) is 3.22. The molecule has 3 aliphatic rings. The fourth-order valence-corrected chi connectivity index (χ4v) is 6.14. The van der Waals surface area contributed by atoms with Crippen LogP contribution in [0.2, 0.25) is 5.02 Å². The molecule has 2 N–H and O–H groups in total. The molecule has 0 spiro atoms. The molecule has 0 aliphatic carbocycles. The highest BCUT2D eigenvalue weighted by Gasteiger charge is 2.47. The Balaban J connectivity index is 1.34. The number of amides is 1. The highest BCUT2D eigenvalue weighted by Crippen LogP contribution is 2.51. The van der Waals surface area contributed by atoms with E-state index in [-0.39, 0.29) is 22.1 Å². The van der Waals surface area contributed by atoms with Gasteiger partial charge in [-0.2, -0.15) is 0 Å². The summed E-state index contributed by atoms with van der Waals surface area (Å²) in [5, 5.41) is 2.60. The van der Waals surface area contributed by atoms with Gasteiger partial charge in [-0.1, -0.05) is 11.6 Å². The predicted molar refractivity (Wildman–Crippen MR) is 144 cm³/mol. The first-order chi connectivity index (χ1) is 18.4. The molecule has 5 rings (SSSR count). The minimum absolute atomic E-state index is 0.138. The fourth-order valence-electron chi connectivity index (χ4n) is 5.27. The zero-order valence-corrected chi connectivity index (χ0v) is 23.1. The van der Waals surface area contributed by atoms with Crippen LogP contribution in [0.5, 0.6) is 11.5 Å². The van der Waals surface area contributed by atoms with Crippen LogP contribution in [0.25, 0.3) is 0 Å². The number of H-pyrrole nitrogens is 1. The lowest BCUT2D eigenvalue weighted by atomic mass is 9.88. The van der Waals surface area contributed by atoms with Crippen LogP contribution in [0.1, 0.15) is 49.7 Å². The van der Waals surface area contributed by atoms with Crippen molar-refractivity contribution < 1.29 is 21.7 Å². The summed E-state index contributed by atoms with van der Waals surface area (Å²) in [5.41, 5.74) is 0.518. The van der Waals surface area contributed by atoms with E-state index in [1.54, 1.807) is 26.2 Å². The quantitative estimate of drug-likeness (QED) is 0.501. The number of fused-ring (bicyclic) bond motifs is 1. The minimum atomic E-state index is -2.43. The SMILES string of the molecule is [2H]C([2H])(NC(=O)c1cc(Cl)c2c(c1C)OC(C)(C1CCN(CC3COC3)CC1)O2)c1c(SC)cc(C)[nH]c1=O. The third kappa shape index (κ3) is 5.24. The Morgan fingerprint density at radius 3 is 2.62 bits per heavy atom. The Morgan fingerprint density at radius 2 is 1.97 bits per heavy atom. The second kappa shape index (κ2) is 10.5. The van der Waals surface area contributed by atoms with E-state index >= 15 is 0 Å². The smallest absolute Gasteiger partial charge is 0.254 e. The normalized spacial score (nSPS) is 23.4. The molecule has 10 heteroatoms. The summed E-state index contributed by atoms with van der Waals surface area (Å²) in [5.74, 6) is -0.0882. The van der Waals surface area contributed by atoms with Crippen LogP contribution in [-0.4, -0.2) is 60.7 Å². The van der Waals surface area contributed by atoms with E-state index in [2.05, 4.69) is 15.2 Å². The van der Waals surface area contributed by atoms with Gasteiger partial charge in [-0.25, -0.2) is 0 Å². The first-order valence-corrected chi connectivity index (χ1v) is 14.1. The number of nitrogens with one attached hydrogen (secondary N) is 2. The molecular formula is C27H34ClN3O5S. The minimum Gasteiger partial charge on any atom is -0.448 e. The average molecular weight is 550 g/mol. The number of aromatic nitrogens is 1. The molecule has 4 heterocycles. The standard InChI is InChI=1S/C27H34ClN3O5S/c1-15-9-22(37-4)20(26(33)30-15)11-29-25(32)19-10-21(28)24-23(16(19)2)35-27(3,36-24)18-5-7-31(8-6-18)12-17-13-34-14-17/h9-10,17-18H,5-8,11-14H2,1-4H3,(H,29,32)(H,30,33)/i11D2. The molecule has 2 saturated heterocycles. The molecule has 37 heavy (non-hydrogen) atoms. The van der Waals surface area contributed by atoms with Gasteiger partial charge in [0.25, 0.3) is 17.3 Å². The van der Waals surface area contributed by atoms with Crippen molar-refractivity contribution in [2.75, 3.05) is 39.1 Å². The second-order valence-electron chi connectivity index (χ2n) is 10.2. The number of halogens is 1. The molecule has 1 aromatic carbocycles. The van der Waals surface area contributed by atoms with Crippen molar-refractivity contribution in [2.45, 2.75) is 50.8 Å². The Morgan fingerprint density at radius 1 is 1.27 bits per heavy atom.